The van der Waals surface area contributed by atoms with Crippen LogP contribution in [-0.2, 0) is 4.74 Å². The Morgan fingerprint density at radius 2 is 2.29 bits per heavy atom. The Morgan fingerprint density at radius 1 is 1.36 bits per heavy atom. The Labute approximate surface area is 85.0 Å². The Balaban J connectivity index is 1.70. The molecular formula is C12H18O2. The third kappa shape index (κ3) is 1.28. The van der Waals surface area contributed by atoms with Crippen LogP contribution in [0.2, 0.25) is 0 Å². The van der Waals surface area contributed by atoms with Gasteiger partial charge in [-0.05, 0) is 43.1 Å². The monoisotopic (exact) mass is 194 g/mol. The highest BCUT2D eigenvalue weighted by atomic mass is 16.5. The first-order valence-electron chi connectivity index (χ1n) is 5.85. The Bertz CT molecular complexity index is 259. The molecule has 4 unspecified atom stereocenters. The van der Waals surface area contributed by atoms with Crippen LogP contribution in [0.5, 0.6) is 0 Å². The summed E-state index contributed by atoms with van der Waals surface area (Å²) in [7, 11) is 0. The number of rotatable bonds is 2. The average Bonchev–Trinajstić information content (AvgIpc) is 2.93. The summed E-state index contributed by atoms with van der Waals surface area (Å²) in [5.41, 5.74) is 0. The number of hydrogen-bond donors (Lipinski definition) is 1. The van der Waals surface area contributed by atoms with E-state index in [1.807, 2.05) is 0 Å². The summed E-state index contributed by atoms with van der Waals surface area (Å²) < 4.78 is 5.45. The van der Waals surface area contributed by atoms with E-state index < -0.39 is 0 Å². The van der Waals surface area contributed by atoms with Gasteiger partial charge in [0, 0.05) is 6.42 Å². The van der Waals surface area contributed by atoms with Gasteiger partial charge < -0.3 is 9.84 Å². The molecule has 3 rings (SSSR count). The minimum atomic E-state index is -0.298. The predicted octanol–water partition coefficient (Wildman–Crippen LogP) is 2.09. The van der Waals surface area contributed by atoms with Gasteiger partial charge in [0.05, 0.1) is 6.61 Å². The van der Waals surface area contributed by atoms with E-state index in [0.717, 1.165) is 30.6 Å². The highest BCUT2D eigenvalue weighted by molar-refractivity contribution is 5.09. The van der Waals surface area contributed by atoms with Gasteiger partial charge in [-0.2, -0.15) is 0 Å². The van der Waals surface area contributed by atoms with Crippen LogP contribution in [0, 0.1) is 17.8 Å². The summed E-state index contributed by atoms with van der Waals surface area (Å²) >= 11 is 0. The summed E-state index contributed by atoms with van der Waals surface area (Å²) in [5, 5.41) is 10.2. The molecule has 1 aliphatic heterocycles. The number of hydrogen-bond acceptors (Lipinski definition) is 2. The zero-order valence-corrected chi connectivity index (χ0v) is 8.48. The molecule has 0 saturated heterocycles. The molecule has 0 aromatic heterocycles. The normalized spacial score (nSPS) is 42.4. The topological polar surface area (TPSA) is 29.5 Å². The maximum absolute atomic E-state index is 10.2. The fraction of sp³-hybridized carbons (Fsp3) is 0.833. The summed E-state index contributed by atoms with van der Waals surface area (Å²) in [6.45, 7) is 0.771. The van der Waals surface area contributed by atoms with Crippen molar-refractivity contribution in [1.82, 2.24) is 0 Å². The molecule has 3 aliphatic rings. The molecule has 2 bridgehead atoms. The van der Waals surface area contributed by atoms with Gasteiger partial charge in [-0.25, -0.2) is 0 Å². The molecule has 4 atom stereocenters. The van der Waals surface area contributed by atoms with Crippen molar-refractivity contribution in [3.8, 4) is 0 Å². The van der Waals surface area contributed by atoms with Crippen LogP contribution in [-0.4, -0.2) is 17.8 Å². The second kappa shape index (κ2) is 3.27. The molecule has 0 radical (unpaired) electrons. The van der Waals surface area contributed by atoms with Crippen LogP contribution >= 0.6 is 0 Å². The molecule has 0 amide bonds. The highest BCUT2D eigenvalue weighted by Crippen LogP contribution is 2.50. The van der Waals surface area contributed by atoms with E-state index in [9.17, 15) is 5.11 Å². The third-order valence-corrected chi connectivity index (χ3v) is 4.22. The van der Waals surface area contributed by atoms with Crippen LogP contribution in [0.3, 0.4) is 0 Å². The highest BCUT2D eigenvalue weighted by Gasteiger charge is 2.44. The minimum absolute atomic E-state index is 0.298. The molecule has 0 aromatic carbocycles. The van der Waals surface area contributed by atoms with Crippen molar-refractivity contribution in [2.45, 2.75) is 38.2 Å². The van der Waals surface area contributed by atoms with Crippen molar-refractivity contribution < 1.29 is 9.84 Å². The van der Waals surface area contributed by atoms with Gasteiger partial charge >= 0.3 is 0 Å². The molecule has 0 spiro atoms. The SMILES string of the molecule is OC(C1=CCCO1)C1CC2CCC1C2. The number of fused-ring (bicyclic) bond motifs is 2. The quantitative estimate of drug-likeness (QED) is 0.729. The average molecular weight is 194 g/mol. The summed E-state index contributed by atoms with van der Waals surface area (Å²) in [6.07, 6.45) is 8.06. The fourth-order valence-corrected chi connectivity index (χ4v) is 3.53. The van der Waals surface area contributed by atoms with E-state index in [1.54, 1.807) is 0 Å². The van der Waals surface area contributed by atoms with E-state index in [0.29, 0.717) is 5.92 Å². The molecule has 2 heteroatoms. The Morgan fingerprint density at radius 3 is 2.86 bits per heavy atom. The van der Waals surface area contributed by atoms with Crippen LogP contribution in [0.15, 0.2) is 11.8 Å². The molecule has 1 heterocycles. The maximum Gasteiger partial charge on any atom is 0.121 e. The van der Waals surface area contributed by atoms with E-state index >= 15 is 0 Å². The first-order chi connectivity index (χ1) is 6.84. The van der Waals surface area contributed by atoms with Gasteiger partial charge in [0.1, 0.15) is 11.9 Å². The Kier molecular flexibility index (Phi) is 2.05. The maximum atomic E-state index is 10.2. The van der Waals surface area contributed by atoms with Crippen molar-refractivity contribution in [3.63, 3.8) is 0 Å². The number of aliphatic hydroxyl groups excluding tert-OH is 1. The molecular weight excluding hydrogens is 176 g/mol. The van der Waals surface area contributed by atoms with Gasteiger partial charge in [-0.3, -0.25) is 0 Å². The molecule has 0 aromatic rings. The number of ether oxygens (including phenoxy) is 1. The van der Waals surface area contributed by atoms with Crippen molar-refractivity contribution in [1.29, 1.82) is 0 Å². The lowest BCUT2D eigenvalue weighted by Gasteiger charge is -2.27. The predicted molar refractivity (Wildman–Crippen MR) is 53.6 cm³/mol. The van der Waals surface area contributed by atoms with Crippen LogP contribution in [0.25, 0.3) is 0 Å². The smallest absolute Gasteiger partial charge is 0.121 e. The van der Waals surface area contributed by atoms with E-state index in [4.69, 9.17) is 4.74 Å². The fourth-order valence-electron chi connectivity index (χ4n) is 3.53. The van der Waals surface area contributed by atoms with Crippen LogP contribution in [0.4, 0.5) is 0 Å². The first-order valence-corrected chi connectivity index (χ1v) is 5.85. The second-order valence-electron chi connectivity index (χ2n) is 5.03. The van der Waals surface area contributed by atoms with Crippen molar-refractivity contribution in [2.75, 3.05) is 6.61 Å². The second-order valence-corrected chi connectivity index (χ2v) is 5.03. The van der Waals surface area contributed by atoms with Gasteiger partial charge in [0.25, 0.3) is 0 Å². The number of aliphatic hydroxyl groups is 1. The molecule has 78 valence electrons. The lowest BCUT2D eigenvalue weighted by atomic mass is 9.84. The van der Waals surface area contributed by atoms with Crippen molar-refractivity contribution >= 4 is 0 Å². The van der Waals surface area contributed by atoms with Crippen molar-refractivity contribution in [2.24, 2.45) is 17.8 Å². The van der Waals surface area contributed by atoms with E-state index in [2.05, 4.69) is 6.08 Å². The summed E-state index contributed by atoms with van der Waals surface area (Å²) in [4.78, 5) is 0. The van der Waals surface area contributed by atoms with Gasteiger partial charge in [0.2, 0.25) is 0 Å². The van der Waals surface area contributed by atoms with E-state index in [-0.39, 0.29) is 6.10 Å². The summed E-state index contributed by atoms with van der Waals surface area (Å²) in [5.74, 6) is 3.04. The lowest BCUT2D eigenvalue weighted by Crippen LogP contribution is -2.27. The largest absolute Gasteiger partial charge is 0.495 e. The molecule has 2 nitrogen and oxygen atoms in total. The standard InChI is InChI=1S/C12H18O2/c13-12(11-2-1-5-14-11)10-7-8-3-4-9(10)6-8/h2,8-10,12-13H,1,3-7H2. The lowest BCUT2D eigenvalue weighted by molar-refractivity contribution is 0.0514. The zero-order chi connectivity index (χ0) is 9.54. The first kappa shape index (κ1) is 8.78. The van der Waals surface area contributed by atoms with E-state index in [1.165, 1.54) is 25.7 Å². The molecule has 14 heavy (non-hydrogen) atoms. The Hall–Kier alpha value is -0.500. The van der Waals surface area contributed by atoms with Gasteiger partial charge in [-0.1, -0.05) is 6.42 Å². The van der Waals surface area contributed by atoms with Gasteiger partial charge in [0.15, 0.2) is 0 Å². The van der Waals surface area contributed by atoms with Crippen LogP contribution in [0.1, 0.15) is 32.1 Å². The molecule has 2 saturated carbocycles. The van der Waals surface area contributed by atoms with Crippen LogP contribution < -0.4 is 0 Å². The molecule has 1 N–H and O–H groups in total. The zero-order valence-electron chi connectivity index (χ0n) is 8.48. The molecule has 2 fully saturated rings. The third-order valence-electron chi connectivity index (χ3n) is 4.22. The summed E-state index contributed by atoms with van der Waals surface area (Å²) in [6, 6.07) is 0. The molecule has 2 aliphatic carbocycles. The van der Waals surface area contributed by atoms with Gasteiger partial charge in [-0.15, -0.1) is 0 Å². The van der Waals surface area contributed by atoms with Crippen molar-refractivity contribution in [3.05, 3.63) is 11.8 Å². The minimum Gasteiger partial charge on any atom is -0.495 e.